The summed E-state index contributed by atoms with van der Waals surface area (Å²) in [6.45, 7) is 4.24. The van der Waals surface area contributed by atoms with Gasteiger partial charge in [-0.05, 0) is 55.9 Å². The average Bonchev–Trinajstić information content (AvgIpc) is 3.40. The van der Waals surface area contributed by atoms with E-state index < -0.39 is 0 Å². The van der Waals surface area contributed by atoms with E-state index in [2.05, 4.69) is 64.0 Å². The summed E-state index contributed by atoms with van der Waals surface area (Å²) >= 11 is 0. The van der Waals surface area contributed by atoms with E-state index in [0.29, 0.717) is 13.0 Å². The number of methoxy groups -OCH3 is 1. The molecule has 0 radical (unpaired) electrons. The molecule has 8 nitrogen and oxygen atoms in total. The van der Waals surface area contributed by atoms with Gasteiger partial charge in [-0.25, -0.2) is 0 Å². The molecule has 0 unspecified atom stereocenters. The number of hydrogen-bond acceptors (Lipinski definition) is 5. The second-order valence-electron chi connectivity index (χ2n) is 13.3. The minimum atomic E-state index is -0.192. The molecule has 2 amide bonds. The number of piperazine rings is 1. The van der Waals surface area contributed by atoms with Crippen LogP contribution in [0.5, 0.6) is 5.75 Å². The SMILES string of the molecule is COc1ccccc1N1CCN(C[C@@H](Cc2cn(C)c3ccccc23)N(C(=O)C2CCCCC2)C(=O)C2CCCCC2)CC1.Cl.O. The number of anilines is 1. The largest absolute Gasteiger partial charge is 0.495 e. The standard InChI is InChI=1S/C37H50N4O3.ClH.H2O/c1-38-26-30(32-17-9-10-18-33(32)38)25-31(27-39-21-23-40(24-22-39)34-19-11-12-20-35(34)44-2)41(36(42)28-13-5-3-6-14-28)37(43)29-15-7-4-8-16-29;;/h9-12,17-20,26,28-29,31H,3-8,13-16,21-25,27H2,1-2H3;1H;1H2/t31-;;/m1../s1. The van der Waals surface area contributed by atoms with Crippen LogP contribution < -0.4 is 9.64 Å². The van der Waals surface area contributed by atoms with Crippen molar-refractivity contribution >= 4 is 40.8 Å². The number of aryl methyl sites for hydroxylation is 1. The van der Waals surface area contributed by atoms with Crippen LogP contribution in [-0.4, -0.2) is 77.5 Å². The second-order valence-corrected chi connectivity index (χ2v) is 13.3. The average molecular weight is 653 g/mol. The second kappa shape index (κ2) is 16.7. The van der Waals surface area contributed by atoms with Gasteiger partial charge in [-0.1, -0.05) is 68.9 Å². The van der Waals surface area contributed by atoms with E-state index >= 15 is 0 Å². The Morgan fingerprint density at radius 2 is 1.39 bits per heavy atom. The van der Waals surface area contributed by atoms with Gasteiger partial charge >= 0.3 is 0 Å². The highest BCUT2D eigenvalue weighted by Crippen LogP contribution is 2.33. The first-order valence-electron chi connectivity index (χ1n) is 17.0. The molecule has 2 heterocycles. The van der Waals surface area contributed by atoms with Crippen LogP contribution in [-0.2, 0) is 23.1 Å². The number of imide groups is 1. The van der Waals surface area contributed by atoms with E-state index in [1.165, 1.54) is 29.3 Å². The van der Waals surface area contributed by atoms with Gasteiger partial charge in [-0.15, -0.1) is 12.4 Å². The van der Waals surface area contributed by atoms with E-state index in [4.69, 9.17) is 4.74 Å². The van der Waals surface area contributed by atoms with E-state index in [-0.39, 0.29) is 47.6 Å². The number of nitrogens with zero attached hydrogens (tertiary/aromatic N) is 4. The van der Waals surface area contributed by atoms with Crippen molar-refractivity contribution in [3.63, 3.8) is 0 Å². The van der Waals surface area contributed by atoms with Crippen LogP contribution in [0.2, 0.25) is 0 Å². The third-order valence-electron chi connectivity index (χ3n) is 10.5. The smallest absolute Gasteiger partial charge is 0.232 e. The van der Waals surface area contributed by atoms with Crippen molar-refractivity contribution in [2.75, 3.05) is 44.7 Å². The molecule has 2 aromatic carbocycles. The first-order valence-corrected chi connectivity index (χ1v) is 17.0. The van der Waals surface area contributed by atoms with Crippen molar-refractivity contribution in [2.45, 2.75) is 76.7 Å². The van der Waals surface area contributed by atoms with Crippen molar-refractivity contribution in [3.05, 3.63) is 60.3 Å². The molecule has 0 spiro atoms. The summed E-state index contributed by atoms with van der Waals surface area (Å²) in [5.74, 6) is 1.02. The van der Waals surface area contributed by atoms with Gasteiger partial charge in [-0.2, -0.15) is 0 Å². The molecule has 6 rings (SSSR count). The van der Waals surface area contributed by atoms with Crippen LogP contribution >= 0.6 is 12.4 Å². The van der Waals surface area contributed by atoms with Crippen LogP contribution in [0.25, 0.3) is 10.9 Å². The lowest BCUT2D eigenvalue weighted by Gasteiger charge is -2.42. The molecule has 1 aromatic heterocycles. The van der Waals surface area contributed by atoms with Crippen LogP contribution in [0, 0.1) is 11.8 Å². The molecule has 2 aliphatic carbocycles. The molecule has 3 fully saturated rings. The summed E-state index contributed by atoms with van der Waals surface area (Å²) in [5, 5.41) is 1.22. The van der Waals surface area contributed by atoms with Gasteiger partial charge < -0.3 is 19.7 Å². The maximum Gasteiger partial charge on any atom is 0.232 e. The molecule has 0 bridgehead atoms. The van der Waals surface area contributed by atoms with Crippen LogP contribution in [0.3, 0.4) is 0 Å². The minimum Gasteiger partial charge on any atom is -0.495 e. The van der Waals surface area contributed by atoms with E-state index in [0.717, 1.165) is 89.0 Å². The van der Waals surface area contributed by atoms with Gasteiger partial charge in [0.2, 0.25) is 11.8 Å². The van der Waals surface area contributed by atoms with Gasteiger partial charge in [0, 0.05) is 68.7 Å². The summed E-state index contributed by atoms with van der Waals surface area (Å²) in [7, 11) is 3.82. The molecular weight excluding hydrogens is 600 g/mol. The Kier molecular flexibility index (Phi) is 13.0. The Hall–Kier alpha value is -3.07. The molecule has 3 aliphatic rings. The Labute approximate surface area is 280 Å². The molecule has 1 atom stereocenters. The number of benzene rings is 2. The Bertz CT molecular complexity index is 1390. The molecule has 2 saturated carbocycles. The maximum absolute atomic E-state index is 14.5. The first-order chi connectivity index (χ1) is 21.5. The summed E-state index contributed by atoms with van der Waals surface area (Å²) in [6.07, 6.45) is 13.3. The highest BCUT2D eigenvalue weighted by molar-refractivity contribution is 5.98. The van der Waals surface area contributed by atoms with Crippen LogP contribution in [0.1, 0.15) is 69.8 Å². The third kappa shape index (κ3) is 7.89. The number of aromatic nitrogens is 1. The number of rotatable bonds is 9. The van der Waals surface area contributed by atoms with Crippen molar-refractivity contribution in [2.24, 2.45) is 18.9 Å². The summed E-state index contributed by atoms with van der Waals surface area (Å²) in [4.78, 5) is 35.7. The molecule has 1 aliphatic heterocycles. The molecule has 46 heavy (non-hydrogen) atoms. The molecule has 9 heteroatoms. The number of halogens is 1. The van der Waals surface area contributed by atoms with Crippen molar-refractivity contribution in [1.82, 2.24) is 14.4 Å². The van der Waals surface area contributed by atoms with Gasteiger partial charge in [0.15, 0.2) is 0 Å². The van der Waals surface area contributed by atoms with Crippen LogP contribution in [0.4, 0.5) is 5.69 Å². The van der Waals surface area contributed by atoms with E-state index in [1.54, 1.807) is 7.11 Å². The van der Waals surface area contributed by atoms with Crippen molar-refractivity contribution < 1.29 is 19.8 Å². The summed E-state index contributed by atoms with van der Waals surface area (Å²) in [5.41, 5.74) is 3.54. The van der Waals surface area contributed by atoms with Crippen LogP contribution in [0.15, 0.2) is 54.7 Å². The zero-order valence-electron chi connectivity index (χ0n) is 27.7. The molecule has 3 aromatic rings. The number of carbonyl (C=O) groups excluding carboxylic acids is 2. The van der Waals surface area contributed by atoms with Gasteiger partial charge in [0.1, 0.15) is 5.75 Å². The molecule has 1 saturated heterocycles. The minimum absolute atomic E-state index is 0. The lowest BCUT2D eigenvalue weighted by atomic mass is 9.85. The predicted molar refractivity (Wildman–Crippen MR) is 188 cm³/mol. The Morgan fingerprint density at radius 3 is 2.00 bits per heavy atom. The topological polar surface area (TPSA) is 89.5 Å². The molecule has 252 valence electrons. The highest BCUT2D eigenvalue weighted by Gasteiger charge is 2.39. The predicted octanol–water partition coefficient (Wildman–Crippen LogP) is 6.03. The maximum atomic E-state index is 14.5. The molecular formula is C37H53ClN4O4. The Balaban J connectivity index is 0.00000240. The fraction of sp³-hybridized carbons (Fsp3) is 0.568. The fourth-order valence-corrected chi connectivity index (χ4v) is 8.00. The monoisotopic (exact) mass is 652 g/mol. The number of carbonyl (C=O) groups is 2. The summed E-state index contributed by atoms with van der Waals surface area (Å²) < 4.78 is 7.84. The van der Waals surface area contributed by atoms with Crippen molar-refractivity contribution in [1.29, 1.82) is 0 Å². The van der Waals surface area contributed by atoms with E-state index in [9.17, 15) is 9.59 Å². The number of para-hydroxylation sites is 3. The van der Waals surface area contributed by atoms with Gasteiger partial charge in [-0.3, -0.25) is 19.4 Å². The fourth-order valence-electron chi connectivity index (χ4n) is 8.00. The first kappa shape index (κ1) is 35.8. The lowest BCUT2D eigenvalue weighted by Crippen LogP contribution is -2.57. The number of ether oxygens (including phenoxy) is 1. The quantitative estimate of drug-likeness (QED) is 0.263. The summed E-state index contributed by atoms with van der Waals surface area (Å²) in [6, 6.07) is 16.5. The third-order valence-corrected chi connectivity index (χ3v) is 10.5. The highest BCUT2D eigenvalue weighted by atomic mass is 35.5. The normalized spacial score (nSPS) is 18.8. The lowest BCUT2D eigenvalue weighted by molar-refractivity contribution is -0.154. The zero-order valence-corrected chi connectivity index (χ0v) is 28.5. The van der Waals surface area contributed by atoms with Gasteiger partial charge in [0.25, 0.3) is 0 Å². The number of fused-ring (bicyclic) bond motifs is 1. The van der Waals surface area contributed by atoms with E-state index in [1.807, 2.05) is 17.0 Å². The van der Waals surface area contributed by atoms with Crippen molar-refractivity contribution in [3.8, 4) is 5.75 Å². The van der Waals surface area contributed by atoms with Gasteiger partial charge in [0.05, 0.1) is 18.8 Å². The zero-order chi connectivity index (χ0) is 30.5. The molecule has 2 N–H and O–H groups in total. The Morgan fingerprint density at radius 1 is 0.826 bits per heavy atom. The number of amides is 2. The number of hydrogen-bond donors (Lipinski definition) is 0.